The molecule has 2 heterocycles. The molecule has 0 radical (unpaired) electrons. The van der Waals surface area contributed by atoms with Crippen LogP contribution in [-0.2, 0) is 19.5 Å². The van der Waals surface area contributed by atoms with E-state index in [0.717, 1.165) is 31.8 Å². The second kappa shape index (κ2) is 6.35. The van der Waals surface area contributed by atoms with Gasteiger partial charge in [-0.2, -0.15) is 4.98 Å². The second-order valence-electron chi connectivity index (χ2n) is 4.26. The Morgan fingerprint density at radius 1 is 1.39 bits per heavy atom. The molecule has 0 fully saturated rings. The van der Waals surface area contributed by atoms with Gasteiger partial charge in [-0.3, -0.25) is 0 Å². The predicted molar refractivity (Wildman–Crippen MR) is 69.2 cm³/mol. The first-order chi connectivity index (χ1) is 8.83. The van der Waals surface area contributed by atoms with Crippen molar-refractivity contribution < 1.29 is 4.52 Å². The number of hydrogen-bond acceptors (Lipinski definition) is 4. The summed E-state index contributed by atoms with van der Waals surface area (Å²) in [5.74, 6) is 1.43. The van der Waals surface area contributed by atoms with E-state index >= 15 is 0 Å². The smallest absolute Gasteiger partial charge is 0.226 e. The molecule has 98 valence electrons. The summed E-state index contributed by atoms with van der Waals surface area (Å²) in [5, 5.41) is 7.37. The Kier molecular flexibility index (Phi) is 4.52. The second-order valence-corrected chi connectivity index (χ2v) is 4.26. The van der Waals surface area contributed by atoms with Gasteiger partial charge in [0.1, 0.15) is 0 Å². The van der Waals surface area contributed by atoms with Gasteiger partial charge in [0.05, 0.1) is 6.54 Å². The lowest BCUT2D eigenvalue weighted by Gasteiger charge is -2.07. The van der Waals surface area contributed by atoms with Crippen LogP contribution >= 0.6 is 0 Å². The molecule has 2 aromatic heterocycles. The van der Waals surface area contributed by atoms with Gasteiger partial charge in [0, 0.05) is 24.9 Å². The molecule has 0 aromatic carbocycles. The van der Waals surface area contributed by atoms with Crippen molar-refractivity contribution in [2.45, 2.75) is 39.8 Å². The molecule has 2 aromatic rings. The van der Waals surface area contributed by atoms with Crippen LogP contribution in [0.3, 0.4) is 0 Å². The van der Waals surface area contributed by atoms with E-state index in [1.165, 1.54) is 5.69 Å². The van der Waals surface area contributed by atoms with Gasteiger partial charge < -0.3 is 14.4 Å². The highest BCUT2D eigenvalue weighted by Crippen LogP contribution is 2.06. The van der Waals surface area contributed by atoms with E-state index in [4.69, 9.17) is 4.52 Å². The number of rotatable bonds is 7. The lowest BCUT2D eigenvalue weighted by molar-refractivity contribution is 0.375. The Morgan fingerprint density at radius 3 is 3.00 bits per heavy atom. The van der Waals surface area contributed by atoms with Crippen LogP contribution in [0.4, 0.5) is 0 Å². The molecule has 0 atom stereocenters. The lowest BCUT2D eigenvalue weighted by Crippen LogP contribution is -2.17. The SMILES string of the molecule is CCCNCc1cccn1Cc1noc(CC)n1. The maximum absolute atomic E-state index is 5.11. The summed E-state index contributed by atoms with van der Waals surface area (Å²) in [4.78, 5) is 4.32. The zero-order valence-corrected chi connectivity index (χ0v) is 11.0. The number of nitrogens with one attached hydrogen (secondary N) is 1. The molecule has 18 heavy (non-hydrogen) atoms. The van der Waals surface area contributed by atoms with E-state index in [9.17, 15) is 0 Å². The Bertz CT molecular complexity index is 475. The molecule has 2 rings (SSSR count). The highest BCUT2D eigenvalue weighted by molar-refractivity contribution is 5.08. The number of aromatic nitrogens is 3. The van der Waals surface area contributed by atoms with Crippen LogP contribution in [-0.4, -0.2) is 21.3 Å². The summed E-state index contributed by atoms with van der Waals surface area (Å²) >= 11 is 0. The van der Waals surface area contributed by atoms with Crippen molar-refractivity contribution in [1.29, 1.82) is 0 Å². The third-order valence-electron chi connectivity index (χ3n) is 2.78. The molecule has 0 aliphatic rings. The van der Waals surface area contributed by atoms with Crippen LogP contribution in [0.15, 0.2) is 22.9 Å². The fourth-order valence-corrected chi connectivity index (χ4v) is 1.81. The van der Waals surface area contributed by atoms with Crippen molar-refractivity contribution >= 4 is 0 Å². The third kappa shape index (κ3) is 3.20. The van der Waals surface area contributed by atoms with Crippen molar-refractivity contribution in [3.63, 3.8) is 0 Å². The number of nitrogens with zero attached hydrogens (tertiary/aromatic N) is 3. The minimum Gasteiger partial charge on any atom is -0.342 e. The maximum Gasteiger partial charge on any atom is 0.226 e. The molecule has 0 bridgehead atoms. The molecule has 0 unspecified atom stereocenters. The standard InChI is InChI=1S/C13H20N4O/c1-3-7-14-9-11-6-5-8-17(11)10-12-15-13(4-2)18-16-12/h5-6,8,14H,3-4,7,9-10H2,1-2H3. The highest BCUT2D eigenvalue weighted by atomic mass is 16.5. The van der Waals surface area contributed by atoms with Gasteiger partial charge in [-0.05, 0) is 25.1 Å². The van der Waals surface area contributed by atoms with E-state index in [-0.39, 0.29) is 0 Å². The first kappa shape index (κ1) is 12.8. The topological polar surface area (TPSA) is 55.9 Å². The molecule has 0 aliphatic heterocycles. The van der Waals surface area contributed by atoms with Crippen molar-refractivity contribution in [3.05, 3.63) is 35.7 Å². The summed E-state index contributed by atoms with van der Waals surface area (Å²) in [6.07, 6.45) is 3.97. The van der Waals surface area contributed by atoms with Crippen molar-refractivity contribution in [1.82, 2.24) is 20.0 Å². The molecule has 5 nitrogen and oxygen atoms in total. The summed E-state index contributed by atoms with van der Waals surface area (Å²) in [6.45, 7) is 6.75. The van der Waals surface area contributed by atoms with Gasteiger partial charge in [0.15, 0.2) is 5.82 Å². The minimum absolute atomic E-state index is 0.666. The molecule has 0 amide bonds. The highest BCUT2D eigenvalue weighted by Gasteiger charge is 2.07. The van der Waals surface area contributed by atoms with E-state index in [1.807, 2.05) is 19.2 Å². The van der Waals surface area contributed by atoms with Crippen molar-refractivity contribution in [2.75, 3.05) is 6.54 Å². The third-order valence-corrected chi connectivity index (χ3v) is 2.78. The molecular weight excluding hydrogens is 228 g/mol. The van der Waals surface area contributed by atoms with Gasteiger partial charge in [-0.25, -0.2) is 0 Å². The quantitative estimate of drug-likeness (QED) is 0.761. The van der Waals surface area contributed by atoms with Crippen molar-refractivity contribution in [3.8, 4) is 0 Å². The Labute approximate surface area is 107 Å². The Hall–Kier alpha value is -1.62. The Morgan fingerprint density at radius 2 is 2.28 bits per heavy atom. The molecule has 5 heteroatoms. The van der Waals surface area contributed by atoms with E-state index in [1.54, 1.807) is 0 Å². The monoisotopic (exact) mass is 248 g/mol. The average molecular weight is 248 g/mol. The fourth-order valence-electron chi connectivity index (χ4n) is 1.81. The van der Waals surface area contributed by atoms with Gasteiger partial charge in [0.2, 0.25) is 5.89 Å². The summed E-state index contributed by atoms with van der Waals surface area (Å²) in [6, 6.07) is 4.16. The van der Waals surface area contributed by atoms with Crippen molar-refractivity contribution in [2.24, 2.45) is 0 Å². The molecule has 0 spiro atoms. The van der Waals surface area contributed by atoms with Crippen LogP contribution in [0.2, 0.25) is 0 Å². The van der Waals surface area contributed by atoms with Gasteiger partial charge >= 0.3 is 0 Å². The first-order valence-electron chi connectivity index (χ1n) is 6.49. The molecule has 0 aliphatic carbocycles. The van der Waals surface area contributed by atoms with E-state index in [2.05, 4.69) is 33.0 Å². The van der Waals surface area contributed by atoms with Crippen LogP contribution < -0.4 is 5.32 Å². The average Bonchev–Trinajstić information content (AvgIpc) is 3.00. The maximum atomic E-state index is 5.11. The van der Waals surface area contributed by atoms with Gasteiger partial charge in [0.25, 0.3) is 0 Å². The van der Waals surface area contributed by atoms with Crippen LogP contribution in [0.1, 0.15) is 37.7 Å². The summed E-state index contributed by atoms with van der Waals surface area (Å²) < 4.78 is 7.26. The molecular formula is C13H20N4O. The molecule has 0 saturated carbocycles. The molecule has 0 saturated heterocycles. The molecule has 1 N–H and O–H groups in total. The van der Waals surface area contributed by atoms with E-state index < -0.39 is 0 Å². The number of hydrogen-bond donors (Lipinski definition) is 1. The predicted octanol–water partition coefficient (Wildman–Crippen LogP) is 1.98. The largest absolute Gasteiger partial charge is 0.342 e. The zero-order chi connectivity index (χ0) is 12.8. The first-order valence-corrected chi connectivity index (χ1v) is 6.49. The normalized spacial score (nSPS) is 11.0. The lowest BCUT2D eigenvalue weighted by atomic mass is 10.4. The van der Waals surface area contributed by atoms with Crippen LogP contribution in [0.5, 0.6) is 0 Å². The zero-order valence-electron chi connectivity index (χ0n) is 11.0. The van der Waals surface area contributed by atoms with Gasteiger partial charge in [-0.15, -0.1) is 0 Å². The minimum atomic E-state index is 0.666. The van der Waals surface area contributed by atoms with Crippen LogP contribution in [0, 0.1) is 0 Å². The van der Waals surface area contributed by atoms with Crippen LogP contribution in [0.25, 0.3) is 0 Å². The summed E-state index contributed by atoms with van der Waals surface area (Å²) in [7, 11) is 0. The summed E-state index contributed by atoms with van der Waals surface area (Å²) in [5.41, 5.74) is 1.24. The Balaban J connectivity index is 1.98. The fraction of sp³-hybridized carbons (Fsp3) is 0.538. The van der Waals surface area contributed by atoms with Gasteiger partial charge in [-0.1, -0.05) is 19.0 Å². The van der Waals surface area contributed by atoms with E-state index in [0.29, 0.717) is 12.4 Å². The number of aryl methyl sites for hydroxylation is 1.